The van der Waals surface area contributed by atoms with E-state index in [1.54, 1.807) is 0 Å². The van der Waals surface area contributed by atoms with Gasteiger partial charge in [0, 0.05) is 0 Å². The van der Waals surface area contributed by atoms with Gasteiger partial charge in [0.25, 0.3) is 0 Å². The summed E-state index contributed by atoms with van der Waals surface area (Å²) in [5, 5.41) is -1.39. The quantitative estimate of drug-likeness (QED) is 0.563. The fraction of sp³-hybridized carbons (Fsp3) is 1.00. The summed E-state index contributed by atoms with van der Waals surface area (Å²) in [6.45, 7) is 2.89. The largest absolute Gasteiger partial charge is 0.772 e. The minimum Gasteiger partial charge on any atom is -0.772 e. The maximum absolute atomic E-state index is 10.7. The minimum absolute atomic E-state index is 0.620. The lowest BCUT2D eigenvalue weighted by Gasteiger charge is -2.08. The maximum atomic E-state index is 10.7. The third-order valence-corrected chi connectivity index (χ3v) is 4.50. The van der Waals surface area contributed by atoms with Crippen molar-refractivity contribution in [2.75, 3.05) is 5.08 Å². The molecule has 0 aromatic carbocycles. The Bertz CT molecular complexity index is 215. The smallest absolute Gasteiger partial charge is 0.163 e. The van der Waals surface area contributed by atoms with E-state index in [2.05, 4.69) is 0 Å². The van der Waals surface area contributed by atoms with E-state index in [9.17, 15) is 17.2 Å². The van der Waals surface area contributed by atoms with Crippen molar-refractivity contribution < 1.29 is 17.2 Å². The molecule has 0 aliphatic rings. The van der Waals surface area contributed by atoms with Crippen molar-refractivity contribution >= 4 is 20.9 Å². The average molecular weight is 185 g/mol. The molecule has 6 heteroatoms. The molecule has 0 saturated heterocycles. The number of rotatable bonds is 3. The van der Waals surface area contributed by atoms with Crippen molar-refractivity contribution in [3.63, 3.8) is 0 Å². The number of sulfone groups is 1. The molecule has 4 nitrogen and oxygen atoms in total. The third-order valence-electron chi connectivity index (χ3n) is 0.979. The molecule has 10 heavy (non-hydrogen) atoms. The molecule has 0 aromatic heterocycles. The molecule has 0 aromatic rings. The van der Waals surface area contributed by atoms with E-state index in [-0.39, 0.29) is 0 Å². The Hall–Kier alpha value is 0.0600. The molecule has 0 aliphatic carbocycles. The van der Waals surface area contributed by atoms with Crippen LogP contribution < -0.4 is 0 Å². The summed E-state index contributed by atoms with van der Waals surface area (Å²) in [5.74, 6) is 0. The highest BCUT2D eigenvalue weighted by Crippen LogP contribution is 2.00. The van der Waals surface area contributed by atoms with Gasteiger partial charge in [0.2, 0.25) is 0 Å². The molecule has 0 bridgehead atoms. The van der Waals surface area contributed by atoms with Crippen molar-refractivity contribution in [3.8, 4) is 0 Å². The molecular weight excluding hydrogens is 176 g/mol. The van der Waals surface area contributed by atoms with Gasteiger partial charge in [0.15, 0.2) is 9.84 Å². The highest BCUT2D eigenvalue weighted by Gasteiger charge is 2.15. The van der Waals surface area contributed by atoms with Gasteiger partial charge in [0.1, 0.15) is 5.08 Å². The summed E-state index contributed by atoms with van der Waals surface area (Å²) in [6, 6.07) is 0. The molecule has 0 spiro atoms. The Morgan fingerprint density at radius 2 is 1.90 bits per heavy atom. The van der Waals surface area contributed by atoms with Crippen LogP contribution in [0, 0.1) is 0 Å². The van der Waals surface area contributed by atoms with Gasteiger partial charge in [-0.05, 0) is 24.9 Å². The zero-order valence-electron chi connectivity index (χ0n) is 5.73. The predicted octanol–water partition coefficient (Wildman–Crippen LogP) is -0.354. The van der Waals surface area contributed by atoms with Gasteiger partial charge in [-0.25, -0.2) is 8.42 Å². The third kappa shape index (κ3) is 3.28. The van der Waals surface area contributed by atoms with Crippen LogP contribution in [0.3, 0.4) is 0 Å². The highest BCUT2D eigenvalue weighted by atomic mass is 32.3. The summed E-state index contributed by atoms with van der Waals surface area (Å²) in [7, 11) is -3.41. The van der Waals surface area contributed by atoms with Crippen LogP contribution in [0.5, 0.6) is 0 Å². The summed E-state index contributed by atoms with van der Waals surface area (Å²) >= 11 is -2.49. The van der Waals surface area contributed by atoms with Gasteiger partial charge in [-0.2, -0.15) is 0 Å². The van der Waals surface area contributed by atoms with Gasteiger partial charge >= 0.3 is 0 Å². The molecule has 0 amide bonds. The van der Waals surface area contributed by atoms with Crippen molar-refractivity contribution in [3.05, 3.63) is 0 Å². The monoisotopic (exact) mass is 185 g/mol. The summed E-state index contributed by atoms with van der Waals surface area (Å²) in [6.07, 6.45) is 0. The van der Waals surface area contributed by atoms with Crippen LogP contribution in [0.1, 0.15) is 13.8 Å². The normalized spacial score (nSPS) is 15.6. The molecule has 0 heterocycles. The van der Waals surface area contributed by atoms with E-state index >= 15 is 0 Å². The topological polar surface area (TPSA) is 74.3 Å². The van der Waals surface area contributed by atoms with Gasteiger partial charge in [-0.1, -0.05) is 0 Å². The zero-order valence-corrected chi connectivity index (χ0v) is 7.37. The lowest BCUT2D eigenvalue weighted by atomic mass is 10.6. The van der Waals surface area contributed by atoms with Gasteiger partial charge < -0.3 is 4.55 Å². The average Bonchev–Trinajstić information content (AvgIpc) is 1.60. The van der Waals surface area contributed by atoms with Crippen LogP contribution >= 0.6 is 0 Å². The van der Waals surface area contributed by atoms with Gasteiger partial charge in [0.05, 0.1) is 5.25 Å². The summed E-state index contributed by atoms with van der Waals surface area (Å²) in [5.41, 5.74) is 0. The predicted molar refractivity (Wildman–Crippen MR) is 37.8 cm³/mol. The van der Waals surface area contributed by atoms with E-state index in [1.165, 1.54) is 13.8 Å². The molecule has 62 valence electrons. The maximum Gasteiger partial charge on any atom is 0.163 e. The molecule has 0 rings (SSSR count). The lowest BCUT2D eigenvalue weighted by Crippen LogP contribution is -2.20. The van der Waals surface area contributed by atoms with Crippen LogP contribution in [-0.4, -0.2) is 27.5 Å². The Labute approximate surface area is 62.8 Å². The number of hydrogen-bond acceptors (Lipinski definition) is 4. The standard InChI is InChI=1S/C4H10O4S2/c1-4(2)10(7,8)3-9(5)6/h4H,3H2,1-2H3,(H,5,6)/p-1. The first kappa shape index (κ1) is 10.1. The van der Waals surface area contributed by atoms with Crippen molar-refractivity contribution in [2.45, 2.75) is 19.1 Å². The summed E-state index contributed by atoms with van der Waals surface area (Å²) in [4.78, 5) is 0. The molecule has 0 saturated carbocycles. The second-order valence-electron chi connectivity index (χ2n) is 2.13. The SMILES string of the molecule is CC(C)S(=O)(=O)CS(=O)[O-]. The first-order valence-electron chi connectivity index (χ1n) is 2.63. The van der Waals surface area contributed by atoms with Crippen molar-refractivity contribution in [1.29, 1.82) is 0 Å². The second-order valence-corrected chi connectivity index (χ2v) is 5.95. The van der Waals surface area contributed by atoms with Gasteiger partial charge in [-0.3, -0.25) is 4.21 Å². The number of hydrogen-bond donors (Lipinski definition) is 0. The van der Waals surface area contributed by atoms with Crippen LogP contribution in [0.25, 0.3) is 0 Å². The molecule has 1 atom stereocenters. The summed E-state index contributed by atoms with van der Waals surface area (Å²) < 4.78 is 41.4. The molecule has 1 unspecified atom stereocenters. The van der Waals surface area contributed by atoms with Crippen LogP contribution in [0.2, 0.25) is 0 Å². The second kappa shape index (κ2) is 3.45. The first-order chi connectivity index (χ1) is 4.36. The minimum atomic E-state index is -3.41. The molecular formula is C4H9O4S2-. The molecule has 0 radical (unpaired) electrons. The van der Waals surface area contributed by atoms with E-state index in [4.69, 9.17) is 0 Å². The highest BCUT2D eigenvalue weighted by molar-refractivity contribution is 8.03. The fourth-order valence-corrected chi connectivity index (χ4v) is 2.43. The molecule has 0 aliphatic heterocycles. The van der Waals surface area contributed by atoms with E-state index in [0.29, 0.717) is 0 Å². The van der Waals surface area contributed by atoms with Crippen molar-refractivity contribution in [2.24, 2.45) is 0 Å². The Kier molecular flexibility index (Phi) is 3.47. The van der Waals surface area contributed by atoms with Gasteiger partial charge in [-0.15, -0.1) is 0 Å². The van der Waals surface area contributed by atoms with Crippen molar-refractivity contribution in [1.82, 2.24) is 0 Å². The van der Waals surface area contributed by atoms with E-state index in [0.717, 1.165) is 0 Å². The first-order valence-corrected chi connectivity index (χ1v) is 5.59. The Morgan fingerprint density at radius 1 is 1.50 bits per heavy atom. The molecule has 0 N–H and O–H groups in total. The van der Waals surface area contributed by atoms with E-state index in [1.807, 2.05) is 0 Å². The van der Waals surface area contributed by atoms with Crippen LogP contribution in [0.4, 0.5) is 0 Å². The van der Waals surface area contributed by atoms with E-state index < -0.39 is 31.3 Å². The Morgan fingerprint density at radius 3 is 2.00 bits per heavy atom. The zero-order chi connectivity index (χ0) is 8.36. The Balaban J connectivity index is 4.31. The molecule has 0 fully saturated rings. The fourth-order valence-electron chi connectivity index (χ4n) is 0.270. The lowest BCUT2D eigenvalue weighted by molar-refractivity contribution is 0.538. The van der Waals surface area contributed by atoms with Crippen LogP contribution in [-0.2, 0) is 20.9 Å². The van der Waals surface area contributed by atoms with Crippen LogP contribution in [0.15, 0.2) is 0 Å².